The minimum Gasteiger partial charge on any atom is -0.497 e. The summed E-state index contributed by atoms with van der Waals surface area (Å²) in [5, 5.41) is 4.71. The molecule has 0 aliphatic carbocycles. The highest BCUT2D eigenvalue weighted by Crippen LogP contribution is 2.31. The lowest BCUT2D eigenvalue weighted by Crippen LogP contribution is -2.38. The average Bonchev–Trinajstić information content (AvgIpc) is 3.19. The van der Waals surface area contributed by atoms with Crippen LogP contribution >= 0.6 is 36.2 Å². The molecular weight excluding hydrogens is 441 g/mol. The molecule has 3 aromatic rings. The Morgan fingerprint density at radius 2 is 1.73 bits per heavy atom. The van der Waals surface area contributed by atoms with Gasteiger partial charge in [0.1, 0.15) is 18.1 Å². The van der Waals surface area contributed by atoms with E-state index < -0.39 is 0 Å². The molecule has 1 aromatic heterocycles. The van der Waals surface area contributed by atoms with Crippen molar-refractivity contribution in [2.24, 2.45) is 5.92 Å². The minimum atomic E-state index is 0. The zero-order valence-electron chi connectivity index (χ0n) is 17.1. The lowest BCUT2D eigenvalue weighted by atomic mass is 9.97. The summed E-state index contributed by atoms with van der Waals surface area (Å²) >= 11 is 1.80. The number of methoxy groups -OCH3 is 1. The largest absolute Gasteiger partial charge is 0.497 e. The number of piperidine rings is 1. The molecule has 0 unspecified atom stereocenters. The van der Waals surface area contributed by atoms with Crippen LogP contribution < -0.4 is 19.7 Å². The molecule has 1 aliphatic rings. The van der Waals surface area contributed by atoms with Gasteiger partial charge >= 0.3 is 0 Å². The van der Waals surface area contributed by atoms with Crippen LogP contribution in [0.3, 0.4) is 0 Å². The highest BCUT2D eigenvalue weighted by atomic mass is 35.5. The highest BCUT2D eigenvalue weighted by Gasteiger charge is 2.21. The van der Waals surface area contributed by atoms with Gasteiger partial charge in [-0.3, -0.25) is 0 Å². The summed E-state index contributed by atoms with van der Waals surface area (Å²) in [6.45, 7) is 4.78. The van der Waals surface area contributed by atoms with Gasteiger partial charge in [-0.15, -0.1) is 24.8 Å². The van der Waals surface area contributed by atoms with Crippen molar-refractivity contribution in [2.45, 2.75) is 12.8 Å². The fourth-order valence-corrected chi connectivity index (χ4v) is 4.56. The first-order valence-corrected chi connectivity index (χ1v) is 10.7. The van der Waals surface area contributed by atoms with Crippen molar-refractivity contribution >= 4 is 51.5 Å². The van der Waals surface area contributed by atoms with Crippen molar-refractivity contribution in [2.75, 3.05) is 44.8 Å². The monoisotopic (exact) mass is 469 g/mol. The zero-order chi connectivity index (χ0) is 19.2. The number of hydrogen-bond donors (Lipinski definition) is 1. The molecular formula is C22H29Cl2N3O2S. The van der Waals surface area contributed by atoms with Crippen molar-refractivity contribution in [3.8, 4) is 11.5 Å². The van der Waals surface area contributed by atoms with Gasteiger partial charge in [0.15, 0.2) is 5.13 Å². The van der Waals surface area contributed by atoms with Crippen LogP contribution in [0.15, 0.2) is 48.5 Å². The van der Waals surface area contributed by atoms with E-state index >= 15 is 0 Å². The van der Waals surface area contributed by atoms with E-state index in [4.69, 9.17) is 14.5 Å². The second kappa shape index (κ2) is 12.2. The molecule has 0 spiro atoms. The van der Waals surface area contributed by atoms with E-state index in [1.54, 1.807) is 18.4 Å². The topological polar surface area (TPSA) is 46.6 Å². The van der Waals surface area contributed by atoms with Crippen LogP contribution in [0, 0.1) is 5.92 Å². The Morgan fingerprint density at radius 1 is 1.03 bits per heavy atom. The first-order valence-electron chi connectivity index (χ1n) is 9.90. The number of benzene rings is 2. The number of halogens is 2. The third-order valence-corrected chi connectivity index (χ3v) is 6.30. The Balaban J connectivity index is 0.00000160. The van der Waals surface area contributed by atoms with Crippen LogP contribution in [-0.2, 0) is 0 Å². The number of ether oxygens (including phenoxy) is 2. The molecule has 4 rings (SSSR count). The molecule has 5 nitrogen and oxygen atoms in total. The van der Waals surface area contributed by atoms with Gasteiger partial charge in [0.25, 0.3) is 0 Å². The Labute approximate surface area is 194 Å². The standard InChI is InChI=1S/C22H27N3O2S.2ClH/c1-26-18-6-8-19(9-7-18)27-15-12-23-16-17-10-13-25(14-11-17)22-24-20-4-2-3-5-21(20)28-22;;/h2-9,17,23H,10-16H2,1H3;2*1H. The summed E-state index contributed by atoms with van der Waals surface area (Å²) in [4.78, 5) is 7.23. The van der Waals surface area contributed by atoms with E-state index in [0.29, 0.717) is 6.61 Å². The number of rotatable bonds is 8. The molecule has 0 saturated carbocycles. The lowest BCUT2D eigenvalue weighted by Gasteiger charge is -2.31. The molecule has 2 heterocycles. The Morgan fingerprint density at radius 3 is 2.43 bits per heavy atom. The number of nitrogens with one attached hydrogen (secondary N) is 1. The number of nitrogens with zero attached hydrogens (tertiary/aromatic N) is 2. The summed E-state index contributed by atoms with van der Waals surface area (Å²) in [7, 11) is 1.67. The van der Waals surface area contributed by atoms with Crippen LogP contribution in [0.4, 0.5) is 5.13 Å². The Hall–Kier alpha value is -1.73. The van der Waals surface area contributed by atoms with Crippen LogP contribution in [-0.4, -0.2) is 44.9 Å². The second-order valence-electron chi connectivity index (χ2n) is 7.12. The molecule has 8 heteroatoms. The maximum atomic E-state index is 5.77. The smallest absolute Gasteiger partial charge is 0.186 e. The van der Waals surface area contributed by atoms with Gasteiger partial charge in [-0.2, -0.15) is 0 Å². The number of hydrogen-bond acceptors (Lipinski definition) is 6. The fraction of sp³-hybridized carbons (Fsp3) is 0.409. The van der Waals surface area contributed by atoms with Gasteiger partial charge in [0.05, 0.1) is 17.3 Å². The van der Waals surface area contributed by atoms with E-state index in [2.05, 4.69) is 34.5 Å². The molecule has 30 heavy (non-hydrogen) atoms. The summed E-state index contributed by atoms with van der Waals surface area (Å²) in [6.07, 6.45) is 2.42. The van der Waals surface area contributed by atoms with Crippen molar-refractivity contribution < 1.29 is 9.47 Å². The molecule has 0 atom stereocenters. The van der Waals surface area contributed by atoms with Crippen LogP contribution in [0.2, 0.25) is 0 Å². The quantitative estimate of drug-likeness (QED) is 0.468. The van der Waals surface area contributed by atoms with Crippen molar-refractivity contribution in [1.82, 2.24) is 10.3 Å². The molecule has 1 N–H and O–H groups in total. The van der Waals surface area contributed by atoms with Crippen molar-refractivity contribution in [3.63, 3.8) is 0 Å². The number of fused-ring (bicyclic) bond motifs is 1. The molecule has 1 aliphatic heterocycles. The van der Waals surface area contributed by atoms with Crippen LogP contribution in [0.1, 0.15) is 12.8 Å². The number of anilines is 1. The SMILES string of the molecule is COc1ccc(OCCNCC2CCN(c3nc4ccccc4s3)CC2)cc1.Cl.Cl. The molecule has 2 aromatic carbocycles. The molecule has 1 fully saturated rings. The third-order valence-electron chi connectivity index (χ3n) is 5.21. The van der Waals surface area contributed by atoms with E-state index in [-0.39, 0.29) is 24.8 Å². The fourth-order valence-electron chi connectivity index (χ4n) is 3.54. The highest BCUT2D eigenvalue weighted by molar-refractivity contribution is 7.22. The van der Waals surface area contributed by atoms with Gasteiger partial charge in [0, 0.05) is 19.6 Å². The van der Waals surface area contributed by atoms with Crippen LogP contribution in [0.25, 0.3) is 10.2 Å². The first kappa shape index (κ1) is 24.5. The molecule has 0 bridgehead atoms. The predicted octanol–water partition coefficient (Wildman–Crippen LogP) is 5.03. The molecule has 1 saturated heterocycles. The van der Waals surface area contributed by atoms with Crippen molar-refractivity contribution in [1.29, 1.82) is 0 Å². The summed E-state index contributed by atoms with van der Waals surface area (Å²) in [6, 6.07) is 16.1. The Bertz CT molecular complexity index is 850. The molecule has 164 valence electrons. The second-order valence-corrected chi connectivity index (χ2v) is 8.13. The average molecular weight is 470 g/mol. The van der Waals surface area contributed by atoms with E-state index in [1.807, 2.05) is 24.3 Å². The number of para-hydroxylation sites is 1. The lowest BCUT2D eigenvalue weighted by molar-refractivity contribution is 0.301. The Kier molecular flexibility index (Phi) is 9.98. The number of thiazole rings is 1. The van der Waals surface area contributed by atoms with Gasteiger partial charge < -0.3 is 19.7 Å². The van der Waals surface area contributed by atoms with Crippen molar-refractivity contribution in [3.05, 3.63) is 48.5 Å². The summed E-state index contributed by atoms with van der Waals surface area (Å²) in [5.74, 6) is 2.46. The number of aromatic nitrogens is 1. The van der Waals surface area contributed by atoms with Gasteiger partial charge in [-0.05, 0) is 61.7 Å². The first-order chi connectivity index (χ1) is 13.8. The van der Waals surface area contributed by atoms with Gasteiger partial charge in [-0.25, -0.2) is 4.98 Å². The normalized spacial score (nSPS) is 14.1. The summed E-state index contributed by atoms with van der Waals surface area (Å²) in [5.41, 5.74) is 1.11. The molecule has 0 radical (unpaired) electrons. The van der Waals surface area contributed by atoms with Crippen LogP contribution in [0.5, 0.6) is 11.5 Å². The maximum Gasteiger partial charge on any atom is 0.186 e. The summed E-state index contributed by atoms with van der Waals surface area (Å²) < 4.78 is 12.2. The van der Waals surface area contributed by atoms with E-state index in [9.17, 15) is 0 Å². The van der Waals surface area contributed by atoms with E-state index in [0.717, 1.165) is 49.1 Å². The van der Waals surface area contributed by atoms with E-state index in [1.165, 1.54) is 22.7 Å². The van der Waals surface area contributed by atoms with Gasteiger partial charge in [0.2, 0.25) is 0 Å². The third kappa shape index (κ3) is 6.38. The molecule has 0 amide bonds. The zero-order valence-corrected chi connectivity index (χ0v) is 19.5. The maximum absolute atomic E-state index is 5.77. The minimum absolute atomic E-state index is 0. The predicted molar refractivity (Wildman–Crippen MR) is 130 cm³/mol. The van der Waals surface area contributed by atoms with Gasteiger partial charge in [-0.1, -0.05) is 23.5 Å².